The first-order valence-corrected chi connectivity index (χ1v) is 10.1. The molecule has 0 N–H and O–H groups in total. The molecule has 1 aromatic heterocycles. The molecule has 0 bridgehead atoms. The highest BCUT2D eigenvalue weighted by atomic mass is 32.2. The molecule has 0 amide bonds. The van der Waals surface area contributed by atoms with Crippen molar-refractivity contribution in [2.24, 2.45) is 0 Å². The lowest BCUT2D eigenvalue weighted by molar-refractivity contribution is 0.104. The molecule has 0 atom stereocenters. The fraction of sp³-hybridized carbons (Fsp3) is 0.190. The van der Waals surface area contributed by atoms with E-state index in [2.05, 4.69) is 0 Å². The molecule has 0 radical (unpaired) electrons. The van der Waals surface area contributed by atoms with Crippen molar-refractivity contribution in [3.63, 3.8) is 0 Å². The molecule has 0 saturated heterocycles. The number of aromatic nitrogens is 1. The first kappa shape index (κ1) is 19.7. The van der Waals surface area contributed by atoms with E-state index in [1.165, 1.54) is 19.4 Å². The fourth-order valence-electron chi connectivity index (χ4n) is 2.83. The number of hydrogen-bond donors (Lipinski definition) is 0. The third-order valence-corrected chi connectivity index (χ3v) is 6.03. The SMILES string of the molecule is COc1ccc2c(c1)c(C(=O)/C=C/N(C)C)cn2S(=O)(=O)c1ccc(C)cc1. The van der Waals surface area contributed by atoms with Crippen LogP contribution in [0.3, 0.4) is 0 Å². The Labute approximate surface area is 164 Å². The van der Waals surface area contributed by atoms with E-state index in [1.54, 1.807) is 67.7 Å². The molecule has 3 rings (SSSR count). The highest BCUT2D eigenvalue weighted by molar-refractivity contribution is 7.90. The van der Waals surface area contributed by atoms with Crippen molar-refractivity contribution in [2.75, 3.05) is 21.2 Å². The average Bonchev–Trinajstić information content (AvgIpc) is 3.06. The van der Waals surface area contributed by atoms with Crippen LogP contribution in [-0.4, -0.2) is 44.3 Å². The van der Waals surface area contributed by atoms with E-state index in [-0.39, 0.29) is 10.7 Å². The molecule has 0 unspecified atom stereocenters. The van der Waals surface area contributed by atoms with Crippen LogP contribution >= 0.6 is 0 Å². The van der Waals surface area contributed by atoms with E-state index in [0.29, 0.717) is 22.2 Å². The van der Waals surface area contributed by atoms with Gasteiger partial charge >= 0.3 is 0 Å². The lowest BCUT2D eigenvalue weighted by atomic mass is 10.1. The Morgan fingerprint density at radius 3 is 2.39 bits per heavy atom. The van der Waals surface area contributed by atoms with E-state index < -0.39 is 10.0 Å². The zero-order valence-electron chi connectivity index (χ0n) is 16.2. The summed E-state index contributed by atoms with van der Waals surface area (Å²) < 4.78 is 32.8. The number of fused-ring (bicyclic) bond motifs is 1. The highest BCUT2D eigenvalue weighted by Gasteiger charge is 2.23. The van der Waals surface area contributed by atoms with Gasteiger partial charge in [-0.3, -0.25) is 4.79 Å². The third kappa shape index (κ3) is 3.66. The second kappa shape index (κ2) is 7.52. The number of benzene rings is 2. The summed E-state index contributed by atoms with van der Waals surface area (Å²) >= 11 is 0. The molecule has 0 fully saturated rings. The lowest BCUT2D eigenvalue weighted by Gasteiger charge is -2.08. The second-order valence-electron chi connectivity index (χ2n) is 6.68. The Morgan fingerprint density at radius 2 is 1.79 bits per heavy atom. The summed E-state index contributed by atoms with van der Waals surface area (Å²) in [4.78, 5) is 14.6. The molecule has 146 valence electrons. The molecule has 28 heavy (non-hydrogen) atoms. The molecular formula is C21H22N2O4S. The van der Waals surface area contributed by atoms with E-state index in [0.717, 1.165) is 9.54 Å². The van der Waals surface area contributed by atoms with Gasteiger partial charge in [0.15, 0.2) is 5.78 Å². The molecule has 0 aliphatic rings. The monoisotopic (exact) mass is 398 g/mol. The Hall–Kier alpha value is -3.06. The van der Waals surface area contributed by atoms with Gasteiger partial charge in [-0.05, 0) is 37.3 Å². The van der Waals surface area contributed by atoms with Crippen LogP contribution in [-0.2, 0) is 10.0 Å². The van der Waals surface area contributed by atoms with E-state index in [9.17, 15) is 13.2 Å². The summed E-state index contributed by atoms with van der Waals surface area (Å²) in [6.07, 6.45) is 4.42. The van der Waals surface area contributed by atoms with Gasteiger partial charge in [0.05, 0.1) is 17.5 Å². The van der Waals surface area contributed by atoms with E-state index in [1.807, 2.05) is 6.92 Å². The zero-order valence-corrected chi connectivity index (χ0v) is 17.0. The normalized spacial score (nSPS) is 11.9. The minimum Gasteiger partial charge on any atom is -0.497 e. The number of nitrogens with zero attached hydrogens (tertiary/aromatic N) is 2. The summed E-state index contributed by atoms with van der Waals surface area (Å²) in [5, 5.41) is 0.517. The molecule has 0 aliphatic heterocycles. The van der Waals surface area contributed by atoms with Crippen LogP contribution in [0.5, 0.6) is 5.75 Å². The minimum atomic E-state index is -3.86. The number of rotatable bonds is 6. The van der Waals surface area contributed by atoms with Gasteiger partial charge in [-0.15, -0.1) is 0 Å². The largest absolute Gasteiger partial charge is 0.497 e. The predicted octanol–water partition coefficient (Wildman–Crippen LogP) is 3.45. The summed E-state index contributed by atoms with van der Waals surface area (Å²) in [5.41, 5.74) is 1.68. The molecule has 0 saturated carbocycles. The maximum absolute atomic E-state index is 13.2. The van der Waals surface area contributed by atoms with E-state index >= 15 is 0 Å². The van der Waals surface area contributed by atoms with Crippen LogP contribution < -0.4 is 4.74 Å². The van der Waals surface area contributed by atoms with Crippen LogP contribution in [0.15, 0.2) is 65.8 Å². The third-order valence-electron chi connectivity index (χ3n) is 4.34. The quantitative estimate of drug-likeness (QED) is 0.470. The van der Waals surface area contributed by atoms with Crippen LogP contribution in [0, 0.1) is 6.92 Å². The van der Waals surface area contributed by atoms with Crippen molar-refractivity contribution >= 4 is 26.7 Å². The Balaban J connectivity index is 2.23. The summed E-state index contributed by atoms with van der Waals surface area (Å²) in [6.45, 7) is 1.89. The predicted molar refractivity (Wildman–Crippen MR) is 109 cm³/mol. The number of hydrogen-bond acceptors (Lipinski definition) is 5. The van der Waals surface area contributed by atoms with Gasteiger partial charge in [-0.25, -0.2) is 12.4 Å². The van der Waals surface area contributed by atoms with Gasteiger partial charge in [0.25, 0.3) is 10.0 Å². The van der Waals surface area contributed by atoms with Crippen molar-refractivity contribution in [2.45, 2.75) is 11.8 Å². The highest BCUT2D eigenvalue weighted by Crippen LogP contribution is 2.30. The van der Waals surface area contributed by atoms with Gasteiger partial charge in [0, 0.05) is 43.5 Å². The number of methoxy groups -OCH3 is 1. The molecular weight excluding hydrogens is 376 g/mol. The van der Waals surface area contributed by atoms with Crippen molar-refractivity contribution < 1.29 is 17.9 Å². The lowest BCUT2D eigenvalue weighted by Crippen LogP contribution is -2.12. The summed E-state index contributed by atoms with van der Waals surface area (Å²) in [6, 6.07) is 11.6. The number of carbonyl (C=O) groups is 1. The average molecular weight is 398 g/mol. The topological polar surface area (TPSA) is 68.6 Å². The van der Waals surface area contributed by atoms with Gasteiger partial charge < -0.3 is 9.64 Å². The van der Waals surface area contributed by atoms with Crippen LogP contribution in [0.25, 0.3) is 10.9 Å². The van der Waals surface area contributed by atoms with Gasteiger partial charge in [0.1, 0.15) is 5.75 Å². The van der Waals surface area contributed by atoms with Gasteiger partial charge in [0.2, 0.25) is 0 Å². The van der Waals surface area contributed by atoms with Crippen LogP contribution in [0.4, 0.5) is 0 Å². The summed E-state index contributed by atoms with van der Waals surface area (Å²) in [5.74, 6) is 0.258. The fourth-order valence-corrected chi connectivity index (χ4v) is 4.20. The van der Waals surface area contributed by atoms with Crippen LogP contribution in [0.1, 0.15) is 15.9 Å². The first-order valence-electron chi connectivity index (χ1n) is 8.64. The molecule has 0 aliphatic carbocycles. The van der Waals surface area contributed by atoms with Gasteiger partial charge in [-0.1, -0.05) is 17.7 Å². The maximum atomic E-state index is 13.2. The smallest absolute Gasteiger partial charge is 0.268 e. The molecule has 3 aromatic rings. The van der Waals surface area contributed by atoms with E-state index in [4.69, 9.17) is 4.74 Å². The molecule has 2 aromatic carbocycles. The van der Waals surface area contributed by atoms with Gasteiger partial charge in [-0.2, -0.15) is 0 Å². The number of ketones is 1. The first-order chi connectivity index (χ1) is 13.2. The van der Waals surface area contributed by atoms with Crippen LogP contribution in [0.2, 0.25) is 0 Å². The maximum Gasteiger partial charge on any atom is 0.268 e. The van der Waals surface area contributed by atoms with Crippen molar-refractivity contribution in [1.82, 2.24) is 8.87 Å². The number of ether oxygens (including phenoxy) is 1. The molecule has 1 heterocycles. The molecule has 0 spiro atoms. The number of allylic oxidation sites excluding steroid dienone is 1. The Bertz CT molecular complexity index is 1160. The number of aryl methyl sites for hydroxylation is 1. The standard InChI is InChI=1S/C21H22N2O4S/c1-15-5-8-17(9-6-15)28(25,26)23-14-19(21(24)11-12-22(2)3)18-13-16(27-4)7-10-20(18)23/h5-14H,1-4H3/b12-11+. The van der Waals surface area contributed by atoms with Crippen molar-refractivity contribution in [1.29, 1.82) is 0 Å². The van der Waals surface area contributed by atoms with Crippen molar-refractivity contribution in [3.05, 3.63) is 72.1 Å². The minimum absolute atomic E-state index is 0.161. The zero-order chi connectivity index (χ0) is 20.5. The molecule has 7 heteroatoms. The second-order valence-corrected chi connectivity index (χ2v) is 8.50. The Morgan fingerprint density at radius 1 is 1.11 bits per heavy atom. The Kier molecular flexibility index (Phi) is 5.29. The summed E-state index contributed by atoms with van der Waals surface area (Å²) in [7, 11) is 1.27. The molecule has 6 nitrogen and oxygen atoms in total. The number of carbonyl (C=O) groups excluding carboxylic acids is 1. The van der Waals surface area contributed by atoms with Crippen molar-refractivity contribution in [3.8, 4) is 5.75 Å².